The lowest BCUT2D eigenvalue weighted by atomic mass is 9.96. The summed E-state index contributed by atoms with van der Waals surface area (Å²) in [4.78, 5) is 0. The summed E-state index contributed by atoms with van der Waals surface area (Å²) in [6.07, 6.45) is 7.24. The van der Waals surface area contributed by atoms with Crippen LogP contribution in [0.25, 0.3) is 22.3 Å². The summed E-state index contributed by atoms with van der Waals surface area (Å²) in [5.41, 5.74) is 5.93. The van der Waals surface area contributed by atoms with E-state index in [4.69, 9.17) is 0 Å². The van der Waals surface area contributed by atoms with Gasteiger partial charge in [0.1, 0.15) is 5.82 Å². The normalized spacial score (nSPS) is 11.2. The average Bonchev–Trinajstić information content (AvgIpc) is 2.91. The molecule has 3 heteroatoms. The van der Waals surface area contributed by atoms with Gasteiger partial charge in [-0.3, -0.25) is 0 Å². The number of unbranched alkanes of at least 4 members (excludes halogenated alkanes) is 2. The van der Waals surface area contributed by atoms with Gasteiger partial charge in [0.25, 0.3) is 0 Å². The highest BCUT2D eigenvalue weighted by atomic mass is 19.2. The van der Waals surface area contributed by atoms with Crippen LogP contribution < -0.4 is 0 Å². The zero-order chi connectivity index (χ0) is 26.2. The molecule has 192 valence electrons. The highest BCUT2D eigenvalue weighted by Gasteiger charge is 2.15. The zero-order valence-electron chi connectivity index (χ0n) is 21.8. The molecule has 0 saturated heterocycles. The molecular formula is C34H35F3. The van der Waals surface area contributed by atoms with Gasteiger partial charge >= 0.3 is 0 Å². The van der Waals surface area contributed by atoms with Crippen LogP contribution in [0.15, 0.2) is 78.9 Å². The second kappa shape index (κ2) is 12.8. The van der Waals surface area contributed by atoms with E-state index in [1.807, 2.05) is 60.7 Å². The third-order valence-electron chi connectivity index (χ3n) is 7.02. The highest BCUT2D eigenvalue weighted by Crippen LogP contribution is 2.28. The molecule has 0 N–H and O–H groups in total. The Morgan fingerprint density at radius 1 is 0.486 bits per heavy atom. The summed E-state index contributed by atoms with van der Waals surface area (Å²) in [5.74, 6) is -1.79. The SMILES string of the molecule is CCCCCc1ccc(-c2ccc(CCc3ccc(-c4ccc(CCC)cc4)c(F)c3F)cc2)c(F)c1. The van der Waals surface area contributed by atoms with Crippen molar-refractivity contribution in [3.63, 3.8) is 0 Å². The van der Waals surface area contributed by atoms with Crippen molar-refractivity contribution in [2.75, 3.05) is 0 Å². The highest BCUT2D eigenvalue weighted by molar-refractivity contribution is 5.66. The van der Waals surface area contributed by atoms with Crippen LogP contribution in [0.2, 0.25) is 0 Å². The van der Waals surface area contributed by atoms with Gasteiger partial charge in [0, 0.05) is 11.1 Å². The molecule has 4 rings (SSSR count). The largest absolute Gasteiger partial charge is 0.206 e. The molecule has 0 aliphatic heterocycles. The molecule has 0 amide bonds. The molecule has 4 aromatic carbocycles. The van der Waals surface area contributed by atoms with E-state index in [-0.39, 0.29) is 11.4 Å². The molecule has 0 heterocycles. The lowest BCUT2D eigenvalue weighted by molar-refractivity contribution is 0.501. The van der Waals surface area contributed by atoms with Crippen molar-refractivity contribution in [2.24, 2.45) is 0 Å². The summed E-state index contributed by atoms with van der Waals surface area (Å²) in [5, 5.41) is 0. The van der Waals surface area contributed by atoms with E-state index in [1.54, 1.807) is 18.2 Å². The predicted octanol–water partition coefficient (Wildman–Crippen LogP) is 9.91. The van der Waals surface area contributed by atoms with Crippen molar-refractivity contribution in [1.82, 2.24) is 0 Å². The van der Waals surface area contributed by atoms with E-state index in [0.717, 1.165) is 55.2 Å². The van der Waals surface area contributed by atoms with Gasteiger partial charge < -0.3 is 0 Å². The van der Waals surface area contributed by atoms with Crippen molar-refractivity contribution >= 4 is 0 Å². The van der Waals surface area contributed by atoms with Crippen molar-refractivity contribution in [1.29, 1.82) is 0 Å². The Labute approximate surface area is 219 Å². The van der Waals surface area contributed by atoms with Gasteiger partial charge in [-0.05, 0) is 71.6 Å². The lowest BCUT2D eigenvalue weighted by Crippen LogP contribution is -2.00. The molecule has 37 heavy (non-hydrogen) atoms. The van der Waals surface area contributed by atoms with E-state index < -0.39 is 11.6 Å². The van der Waals surface area contributed by atoms with Gasteiger partial charge in [-0.25, -0.2) is 13.2 Å². The Bertz CT molecular complexity index is 1300. The first-order valence-corrected chi connectivity index (χ1v) is 13.4. The maximum atomic E-state index is 14.9. The van der Waals surface area contributed by atoms with Crippen LogP contribution in [-0.4, -0.2) is 0 Å². The number of hydrogen-bond acceptors (Lipinski definition) is 0. The van der Waals surface area contributed by atoms with Gasteiger partial charge in [0.2, 0.25) is 0 Å². The van der Waals surface area contributed by atoms with Crippen molar-refractivity contribution in [3.8, 4) is 22.3 Å². The first kappa shape index (κ1) is 26.7. The van der Waals surface area contributed by atoms with Gasteiger partial charge in [-0.2, -0.15) is 0 Å². The number of halogens is 3. The van der Waals surface area contributed by atoms with E-state index in [0.29, 0.717) is 29.5 Å². The number of benzene rings is 4. The maximum absolute atomic E-state index is 14.9. The molecule has 0 aliphatic carbocycles. The van der Waals surface area contributed by atoms with E-state index in [1.165, 1.54) is 5.56 Å². The smallest absolute Gasteiger partial charge is 0.166 e. The summed E-state index contributed by atoms with van der Waals surface area (Å²) in [7, 11) is 0. The quantitative estimate of drug-likeness (QED) is 0.180. The van der Waals surface area contributed by atoms with E-state index in [9.17, 15) is 13.2 Å². The summed E-state index contributed by atoms with van der Waals surface area (Å²) < 4.78 is 44.5. The molecular weight excluding hydrogens is 465 g/mol. The Balaban J connectivity index is 1.41. The molecule has 0 unspecified atom stereocenters. The fourth-order valence-electron chi connectivity index (χ4n) is 4.80. The van der Waals surface area contributed by atoms with Gasteiger partial charge in [0.15, 0.2) is 11.6 Å². The van der Waals surface area contributed by atoms with Gasteiger partial charge in [0.05, 0.1) is 0 Å². The van der Waals surface area contributed by atoms with Crippen LogP contribution >= 0.6 is 0 Å². The van der Waals surface area contributed by atoms with Crippen LogP contribution in [0, 0.1) is 17.5 Å². The summed E-state index contributed by atoms with van der Waals surface area (Å²) in [6, 6.07) is 24.2. The zero-order valence-corrected chi connectivity index (χ0v) is 21.8. The van der Waals surface area contributed by atoms with Crippen molar-refractivity contribution in [2.45, 2.75) is 65.2 Å². The Hall–Kier alpha value is -3.33. The number of aryl methyl sites for hydroxylation is 4. The molecule has 4 aromatic rings. The summed E-state index contributed by atoms with van der Waals surface area (Å²) in [6.45, 7) is 4.27. The number of rotatable bonds is 11. The Morgan fingerprint density at radius 3 is 1.70 bits per heavy atom. The number of hydrogen-bond donors (Lipinski definition) is 0. The van der Waals surface area contributed by atoms with Gasteiger partial charge in [-0.15, -0.1) is 0 Å². The van der Waals surface area contributed by atoms with Crippen LogP contribution in [0.1, 0.15) is 61.8 Å². The molecule has 0 atom stereocenters. The molecule has 0 nitrogen and oxygen atoms in total. The predicted molar refractivity (Wildman–Crippen MR) is 148 cm³/mol. The second-order valence-electron chi connectivity index (χ2n) is 9.82. The minimum Gasteiger partial charge on any atom is -0.206 e. The summed E-state index contributed by atoms with van der Waals surface area (Å²) >= 11 is 0. The third kappa shape index (κ3) is 6.71. The van der Waals surface area contributed by atoms with Crippen molar-refractivity contribution in [3.05, 3.63) is 119 Å². The molecule has 0 aromatic heterocycles. The molecule has 0 radical (unpaired) electrons. The van der Waals surface area contributed by atoms with Crippen LogP contribution in [0.3, 0.4) is 0 Å². The van der Waals surface area contributed by atoms with Crippen LogP contribution in [0.4, 0.5) is 13.2 Å². The molecule has 0 saturated carbocycles. The standard InChI is InChI=1S/C34H35F3/c1-3-5-6-8-26-14-21-30(32(35)23-26)27-15-11-25(12-16-27)13-19-29-20-22-31(34(37)33(29)36)28-17-9-24(7-4-2)10-18-28/h9-12,14-18,20-23H,3-8,13,19H2,1-2H3. The fraction of sp³-hybridized carbons (Fsp3) is 0.294. The van der Waals surface area contributed by atoms with Crippen LogP contribution in [0.5, 0.6) is 0 Å². The monoisotopic (exact) mass is 500 g/mol. The third-order valence-corrected chi connectivity index (χ3v) is 7.02. The maximum Gasteiger partial charge on any atom is 0.166 e. The topological polar surface area (TPSA) is 0 Å². The molecule has 0 spiro atoms. The second-order valence-corrected chi connectivity index (χ2v) is 9.82. The Morgan fingerprint density at radius 2 is 1.08 bits per heavy atom. The van der Waals surface area contributed by atoms with Gasteiger partial charge in [-0.1, -0.05) is 106 Å². The van der Waals surface area contributed by atoms with E-state index in [2.05, 4.69) is 13.8 Å². The molecule has 0 fully saturated rings. The van der Waals surface area contributed by atoms with E-state index >= 15 is 0 Å². The first-order chi connectivity index (χ1) is 18.0. The lowest BCUT2D eigenvalue weighted by Gasteiger charge is -2.11. The van der Waals surface area contributed by atoms with Crippen LogP contribution in [-0.2, 0) is 25.7 Å². The first-order valence-electron chi connectivity index (χ1n) is 13.4. The fourth-order valence-corrected chi connectivity index (χ4v) is 4.80. The molecule has 0 bridgehead atoms. The average molecular weight is 501 g/mol. The molecule has 0 aliphatic rings. The minimum absolute atomic E-state index is 0.209. The minimum atomic E-state index is -0.801. The van der Waals surface area contributed by atoms with Crippen molar-refractivity contribution < 1.29 is 13.2 Å². The Kier molecular flexibility index (Phi) is 9.22.